The van der Waals surface area contributed by atoms with Crippen LogP contribution >= 0.6 is 0 Å². The SMILES string of the molecule is Cc1cc(C(=O)Nc2cc(C(=O)N3C[C@@H](C)C[C@H](C)C3)ccc2C)on1. The number of aromatic nitrogens is 1. The highest BCUT2D eigenvalue weighted by Gasteiger charge is 2.26. The Morgan fingerprint density at radius 2 is 1.85 bits per heavy atom. The number of carbonyl (C=O) groups is 2. The largest absolute Gasteiger partial charge is 0.351 e. The van der Waals surface area contributed by atoms with Gasteiger partial charge in [-0.25, -0.2) is 0 Å². The third kappa shape index (κ3) is 3.95. The number of hydrogen-bond donors (Lipinski definition) is 1. The van der Waals surface area contributed by atoms with Gasteiger partial charge < -0.3 is 14.7 Å². The van der Waals surface area contributed by atoms with Crippen LogP contribution in [0.1, 0.15) is 52.4 Å². The number of rotatable bonds is 3. The first-order valence-electron chi connectivity index (χ1n) is 8.98. The summed E-state index contributed by atoms with van der Waals surface area (Å²) in [4.78, 5) is 27.1. The Morgan fingerprint density at radius 3 is 2.46 bits per heavy atom. The van der Waals surface area contributed by atoms with Crippen molar-refractivity contribution in [3.63, 3.8) is 0 Å². The van der Waals surface area contributed by atoms with Crippen molar-refractivity contribution in [1.29, 1.82) is 0 Å². The summed E-state index contributed by atoms with van der Waals surface area (Å²) in [6, 6.07) is 6.99. The molecule has 0 unspecified atom stereocenters. The molecule has 2 amide bonds. The number of nitrogens with one attached hydrogen (secondary N) is 1. The molecule has 0 bridgehead atoms. The van der Waals surface area contributed by atoms with Gasteiger partial charge >= 0.3 is 0 Å². The Labute approximate surface area is 153 Å². The van der Waals surface area contributed by atoms with Gasteiger partial charge in [0.25, 0.3) is 11.8 Å². The van der Waals surface area contributed by atoms with Crippen molar-refractivity contribution in [3.05, 3.63) is 46.8 Å². The van der Waals surface area contributed by atoms with Crippen molar-refractivity contribution in [3.8, 4) is 0 Å². The molecule has 1 saturated heterocycles. The van der Waals surface area contributed by atoms with E-state index in [-0.39, 0.29) is 17.6 Å². The molecule has 1 aromatic heterocycles. The third-order valence-electron chi connectivity index (χ3n) is 4.74. The topological polar surface area (TPSA) is 75.4 Å². The molecule has 0 radical (unpaired) electrons. The highest BCUT2D eigenvalue weighted by Crippen LogP contribution is 2.24. The Bertz CT molecular complexity index is 817. The first-order valence-corrected chi connectivity index (χ1v) is 8.98. The fourth-order valence-corrected chi connectivity index (χ4v) is 3.56. The van der Waals surface area contributed by atoms with E-state index in [2.05, 4.69) is 24.3 Å². The molecule has 2 aromatic rings. The van der Waals surface area contributed by atoms with Crippen molar-refractivity contribution in [2.75, 3.05) is 18.4 Å². The predicted octanol–water partition coefficient (Wildman–Crippen LogP) is 3.66. The van der Waals surface area contributed by atoms with Gasteiger partial charge in [0.2, 0.25) is 5.76 Å². The van der Waals surface area contributed by atoms with E-state index in [1.807, 2.05) is 24.0 Å². The Hall–Kier alpha value is -2.63. The third-order valence-corrected chi connectivity index (χ3v) is 4.74. The van der Waals surface area contributed by atoms with Gasteiger partial charge in [-0.2, -0.15) is 0 Å². The number of benzene rings is 1. The molecule has 0 aliphatic carbocycles. The molecule has 3 rings (SSSR count). The van der Waals surface area contributed by atoms with Gasteiger partial charge in [0.1, 0.15) is 0 Å². The van der Waals surface area contributed by atoms with Gasteiger partial charge in [-0.1, -0.05) is 25.1 Å². The summed E-state index contributed by atoms with van der Waals surface area (Å²) in [6.07, 6.45) is 1.15. The minimum absolute atomic E-state index is 0.00871. The lowest BCUT2D eigenvalue weighted by molar-refractivity contribution is 0.0623. The zero-order valence-electron chi connectivity index (χ0n) is 15.7. The van der Waals surface area contributed by atoms with Crippen LogP contribution in [0.15, 0.2) is 28.8 Å². The number of amides is 2. The molecule has 1 aromatic carbocycles. The summed E-state index contributed by atoms with van der Waals surface area (Å²) < 4.78 is 5.00. The number of likely N-dealkylation sites (tertiary alicyclic amines) is 1. The lowest BCUT2D eigenvalue weighted by atomic mass is 9.91. The molecule has 2 atom stereocenters. The van der Waals surface area contributed by atoms with Gasteiger partial charge in [0.15, 0.2) is 0 Å². The normalized spacial score (nSPS) is 20.1. The van der Waals surface area contributed by atoms with E-state index < -0.39 is 0 Å². The summed E-state index contributed by atoms with van der Waals surface area (Å²) in [5, 5.41) is 6.54. The molecule has 1 aliphatic rings. The zero-order valence-corrected chi connectivity index (χ0v) is 15.7. The van der Waals surface area contributed by atoms with Gasteiger partial charge in [-0.05, 0) is 49.8 Å². The van der Waals surface area contributed by atoms with E-state index in [9.17, 15) is 9.59 Å². The van der Waals surface area contributed by atoms with Gasteiger partial charge in [-0.15, -0.1) is 0 Å². The number of nitrogens with zero attached hydrogens (tertiary/aromatic N) is 2. The fraction of sp³-hybridized carbons (Fsp3) is 0.450. The highest BCUT2D eigenvalue weighted by atomic mass is 16.5. The van der Waals surface area contributed by atoms with E-state index in [0.29, 0.717) is 28.8 Å². The second kappa shape index (κ2) is 7.32. The standard InChI is InChI=1S/C20H25N3O3/c1-12-7-13(2)11-23(10-12)20(25)16-6-5-14(3)17(9-16)21-19(24)18-8-15(4)22-26-18/h5-6,8-9,12-13H,7,10-11H2,1-4H3,(H,21,24)/t12-,13-/m0/s1. The van der Waals surface area contributed by atoms with E-state index in [1.54, 1.807) is 19.1 Å². The molecule has 1 N–H and O–H groups in total. The molecular weight excluding hydrogens is 330 g/mol. The van der Waals surface area contributed by atoms with Crippen molar-refractivity contribution < 1.29 is 14.1 Å². The maximum atomic E-state index is 12.9. The van der Waals surface area contributed by atoms with E-state index in [4.69, 9.17) is 4.52 Å². The van der Waals surface area contributed by atoms with Crippen LogP contribution in [0.5, 0.6) is 0 Å². The summed E-state index contributed by atoms with van der Waals surface area (Å²) in [7, 11) is 0. The van der Waals surface area contributed by atoms with Crippen LogP contribution in [0.25, 0.3) is 0 Å². The molecule has 2 heterocycles. The van der Waals surface area contributed by atoms with Crippen LogP contribution in [0.2, 0.25) is 0 Å². The molecule has 138 valence electrons. The van der Waals surface area contributed by atoms with Crippen LogP contribution in [0.3, 0.4) is 0 Å². The minimum Gasteiger partial charge on any atom is -0.351 e. The molecule has 0 saturated carbocycles. The van der Waals surface area contributed by atoms with Crippen LogP contribution < -0.4 is 5.32 Å². The maximum Gasteiger partial charge on any atom is 0.294 e. The van der Waals surface area contributed by atoms with Crippen molar-refractivity contribution in [2.24, 2.45) is 11.8 Å². The Morgan fingerprint density at radius 1 is 1.15 bits per heavy atom. The molecule has 0 spiro atoms. The summed E-state index contributed by atoms with van der Waals surface area (Å²) in [5.74, 6) is 0.786. The molecule has 1 fully saturated rings. The van der Waals surface area contributed by atoms with Crippen molar-refractivity contribution in [1.82, 2.24) is 10.1 Å². The fourth-order valence-electron chi connectivity index (χ4n) is 3.56. The van der Waals surface area contributed by atoms with Crippen molar-refractivity contribution >= 4 is 17.5 Å². The Balaban J connectivity index is 1.78. The second-order valence-electron chi connectivity index (χ2n) is 7.47. The van der Waals surface area contributed by atoms with Gasteiger partial charge in [0, 0.05) is 30.4 Å². The number of hydrogen-bond acceptors (Lipinski definition) is 4. The van der Waals surface area contributed by atoms with E-state index in [0.717, 1.165) is 25.1 Å². The Kier molecular flexibility index (Phi) is 5.11. The van der Waals surface area contributed by atoms with Crippen LogP contribution in [-0.4, -0.2) is 35.0 Å². The molecule has 26 heavy (non-hydrogen) atoms. The average Bonchev–Trinajstić information content (AvgIpc) is 3.02. The quantitative estimate of drug-likeness (QED) is 0.912. The monoisotopic (exact) mass is 355 g/mol. The summed E-state index contributed by atoms with van der Waals surface area (Å²) in [6.45, 7) is 9.55. The van der Waals surface area contributed by atoms with E-state index >= 15 is 0 Å². The lowest BCUT2D eigenvalue weighted by Gasteiger charge is -2.35. The van der Waals surface area contributed by atoms with Crippen LogP contribution in [-0.2, 0) is 0 Å². The number of anilines is 1. The zero-order chi connectivity index (χ0) is 18.8. The van der Waals surface area contributed by atoms with Crippen LogP contribution in [0, 0.1) is 25.7 Å². The number of carbonyl (C=O) groups excluding carboxylic acids is 2. The van der Waals surface area contributed by atoms with E-state index in [1.165, 1.54) is 0 Å². The first kappa shape index (κ1) is 18.2. The number of piperidine rings is 1. The molecule has 1 aliphatic heterocycles. The molecular formula is C20H25N3O3. The lowest BCUT2D eigenvalue weighted by Crippen LogP contribution is -2.42. The van der Waals surface area contributed by atoms with Crippen molar-refractivity contribution in [2.45, 2.75) is 34.1 Å². The van der Waals surface area contributed by atoms with Crippen LogP contribution in [0.4, 0.5) is 5.69 Å². The first-order chi connectivity index (χ1) is 12.3. The summed E-state index contributed by atoms with van der Waals surface area (Å²) >= 11 is 0. The minimum atomic E-state index is -0.376. The smallest absolute Gasteiger partial charge is 0.294 e. The number of aryl methyl sites for hydroxylation is 2. The molecule has 6 nitrogen and oxygen atoms in total. The van der Waals surface area contributed by atoms with Gasteiger partial charge in [0.05, 0.1) is 5.69 Å². The summed E-state index contributed by atoms with van der Waals surface area (Å²) in [5.41, 5.74) is 2.71. The van der Waals surface area contributed by atoms with Gasteiger partial charge in [-0.3, -0.25) is 9.59 Å². The average molecular weight is 355 g/mol. The molecule has 6 heteroatoms. The second-order valence-corrected chi connectivity index (χ2v) is 7.47. The maximum absolute atomic E-state index is 12.9. The highest BCUT2D eigenvalue weighted by molar-refractivity contribution is 6.04. The predicted molar refractivity (Wildman–Crippen MR) is 99.2 cm³/mol.